The van der Waals surface area contributed by atoms with E-state index in [0.29, 0.717) is 16.3 Å². The van der Waals surface area contributed by atoms with Gasteiger partial charge in [0, 0.05) is 29.1 Å². The number of carbonyl (C=O) groups is 3. The van der Waals surface area contributed by atoms with Crippen molar-refractivity contribution in [2.75, 3.05) is 11.4 Å². The summed E-state index contributed by atoms with van der Waals surface area (Å²) >= 11 is 6.07. The van der Waals surface area contributed by atoms with Gasteiger partial charge < -0.3 is 15.1 Å². The molecule has 0 saturated heterocycles. The predicted octanol–water partition coefficient (Wildman–Crippen LogP) is 3.89. The summed E-state index contributed by atoms with van der Waals surface area (Å²) in [5.41, 5.74) is 1.08. The molecule has 0 bridgehead atoms. The van der Waals surface area contributed by atoms with Crippen LogP contribution < -0.4 is 15.5 Å². The lowest BCUT2D eigenvalue weighted by molar-refractivity contribution is -0.126. The zero-order valence-electron chi connectivity index (χ0n) is 18.4. The van der Waals surface area contributed by atoms with E-state index in [1.807, 2.05) is 0 Å². The van der Waals surface area contributed by atoms with Gasteiger partial charge in [0.15, 0.2) is 5.76 Å². The normalized spacial score (nSPS) is 14.4. The molecule has 1 atom stereocenters. The average molecular weight is 481 g/mol. The minimum absolute atomic E-state index is 0.0673. The standard InChI is InChI=1S/C25H25ClN4O4/c26-18-7-9-20(10-8-18)30(22(31)16-28-24(32)21-6-3-15-34-21)23(17-11-13-27-14-12-17)25(33)29-19-4-1-2-5-19/h3,6-15,19,23H,1-2,4-5,16H2,(H,28,32)(H,29,33)/t23-/m0/s1. The smallest absolute Gasteiger partial charge is 0.287 e. The number of hydrogen-bond acceptors (Lipinski definition) is 5. The summed E-state index contributed by atoms with van der Waals surface area (Å²) in [6.07, 6.45) is 8.46. The molecule has 1 aromatic carbocycles. The molecule has 0 aliphatic heterocycles. The van der Waals surface area contributed by atoms with Crippen LogP contribution in [0.15, 0.2) is 71.6 Å². The van der Waals surface area contributed by atoms with Crippen molar-refractivity contribution in [3.8, 4) is 0 Å². The zero-order valence-corrected chi connectivity index (χ0v) is 19.2. The minimum atomic E-state index is -0.960. The van der Waals surface area contributed by atoms with E-state index in [2.05, 4.69) is 15.6 Å². The number of carbonyl (C=O) groups excluding carboxylic acids is 3. The summed E-state index contributed by atoms with van der Waals surface area (Å²) in [4.78, 5) is 44.8. The van der Waals surface area contributed by atoms with Gasteiger partial charge in [-0.1, -0.05) is 24.4 Å². The maximum atomic E-state index is 13.6. The molecular weight excluding hydrogens is 456 g/mol. The van der Waals surface area contributed by atoms with Gasteiger partial charge in [-0.15, -0.1) is 0 Å². The fourth-order valence-corrected chi connectivity index (χ4v) is 4.21. The van der Waals surface area contributed by atoms with Crippen LogP contribution in [0, 0.1) is 0 Å². The van der Waals surface area contributed by atoms with Crippen molar-refractivity contribution in [1.82, 2.24) is 15.6 Å². The lowest BCUT2D eigenvalue weighted by Gasteiger charge is -2.32. The fourth-order valence-electron chi connectivity index (χ4n) is 4.09. The fraction of sp³-hybridized carbons (Fsp3) is 0.280. The first kappa shape index (κ1) is 23.5. The summed E-state index contributed by atoms with van der Waals surface area (Å²) in [6, 6.07) is 12.3. The molecule has 0 unspecified atom stereocenters. The highest BCUT2D eigenvalue weighted by Gasteiger charge is 2.34. The first-order valence-corrected chi connectivity index (χ1v) is 11.5. The molecule has 176 valence electrons. The van der Waals surface area contributed by atoms with Crippen molar-refractivity contribution in [2.45, 2.75) is 37.8 Å². The maximum absolute atomic E-state index is 13.6. The van der Waals surface area contributed by atoms with Crippen LogP contribution in [-0.2, 0) is 9.59 Å². The van der Waals surface area contributed by atoms with Crippen LogP contribution in [0.25, 0.3) is 0 Å². The summed E-state index contributed by atoms with van der Waals surface area (Å²) in [6.45, 7) is -0.333. The molecule has 34 heavy (non-hydrogen) atoms. The summed E-state index contributed by atoms with van der Waals surface area (Å²) in [5.74, 6) is -1.19. The van der Waals surface area contributed by atoms with E-state index in [1.54, 1.807) is 54.9 Å². The Morgan fingerprint density at radius 1 is 1.06 bits per heavy atom. The van der Waals surface area contributed by atoms with Gasteiger partial charge in [-0.2, -0.15) is 0 Å². The van der Waals surface area contributed by atoms with Crippen molar-refractivity contribution in [3.05, 3.63) is 83.5 Å². The van der Waals surface area contributed by atoms with E-state index in [9.17, 15) is 14.4 Å². The largest absolute Gasteiger partial charge is 0.459 e. The first-order chi connectivity index (χ1) is 16.5. The molecule has 4 rings (SSSR count). The Morgan fingerprint density at radius 3 is 2.41 bits per heavy atom. The van der Waals surface area contributed by atoms with Crippen LogP contribution in [0.4, 0.5) is 5.69 Å². The Balaban J connectivity index is 1.65. The monoisotopic (exact) mass is 480 g/mol. The number of hydrogen-bond donors (Lipinski definition) is 2. The van der Waals surface area contributed by atoms with Gasteiger partial charge in [0.1, 0.15) is 6.04 Å². The molecule has 9 heteroatoms. The number of benzene rings is 1. The number of aromatic nitrogens is 1. The molecular formula is C25H25ClN4O4. The van der Waals surface area contributed by atoms with Crippen molar-refractivity contribution in [3.63, 3.8) is 0 Å². The van der Waals surface area contributed by atoms with Gasteiger partial charge in [0.25, 0.3) is 5.91 Å². The number of rotatable bonds is 8. The number of nitrogens with one attached hydrogen (secondary N) is 2. The summed E-state index contributed by atoms with van der Waals surface area (Å²) < 4.78 is 5.09. The Labute approximate surface area is 202 Å². The van der Waals surface area contributed by atoms with Crippen LogP contribution in [0.3, 0.4) is 0 Å². The molecule has 0 spiro atoms. The van der Waals surface area contributed by atoms with Crippen molar-refractivity contribution in [2.24, 2.45) is 0 Å². The number of pyridine rings is 1. The van der Waals surface area contributed by atoms with E-state index < -0.39 is 17.9 Å². The van der Waals surface area contributed by atoms with Crippen LogP contribution in [0.1, 0.15) is 47.8 Å². The SMILES string of the molecule is O=C(NCC(=O)N(c1ccc(Cl)cc1)[C@H](C(=O)NC1CCCC1)c1ccncc1)c1ccco1. The summed E-state index contributed by atoms with van der Waals surface area (Å²) in [7, 11) is 0. The van der Waals surface area contributed by atoms with Crippen molar-refractivity contribution < 1.29 is 18.8 Å². The Bertz CT molecular complexity index is 1110. The van der Waals surface area contributed by atoms with Gasteiger partial charge in [-0.3, -0.25) is 24.3 Å². The molecule has 1 aliphatic carbocycles. The molecule has 8 nitrogen and oxygen atoms in total. The van der Waals surface area contributed by atoms with Gasteiger partial charge in [-0.05, 0) is 66.9 Å². The molecule has 0 radical (unpaired) electrons. The third-order valence-corrected chi connectivity index (χ3v) is 6.00. The molecule has 1 saturated carbocycles. The highest BCUT2D eigenvalue weighted by atomic mass is 35.5. The number of halogens is 1. The lowest BCUT2D eigenvalue weighted by Crippen LogP contribution is -2.49. The highest BCUT2D eigenvalue weighted by Crippen LogP contribution is 2.30. The molecule has 2 N–H and O–H groups in total. The maximum Gasteiger partial charge on any atom is 0.287 e. The van der Waals surface area contributed by atoms with Crippen molar-refractivity contribution in [1.29, 1.82) is 0 Å². The number of anilines is 1. The molecule has 2 aromatic heterocycles. The van der Waals surface area contributed by atoms with E-state index >= 15 is 0 Å². The van der Waals surface area contributed by atoms with E-state index in [0.717, 1.165) is 25.7 Å². The highest BCUT2D eigenvalue weighted by molar-refractivity contribution is 6.30. The Morgan fingerprint density at radius 2 is 1.76 bits per heavy atom. The second-order valence-electron chi connectivity index (χ2n) is 8.07. The van der Waals surface area contributed by atoms with Gasteiger partial charge in [0.2, 0.25) is 11.8 Å². The predicted molar refractivity (Wildman–Crippen MR) is 127 cm³/mol. The summed E-state index contributed by atoms with van der Waals surface area (Å²) in [5, 5.41) is 6.17. The van der Waals surface area contributed by atoms with E-state index in [4.69, 9.17) is 16.0 Å². The Kier molecular flexibility index (Phi) is 7.59. The topological polar surface area (TPSA) is 105 Å². The number of nitrogens with zero attached hydrogens (tertiary/aromatic N) is 2. The van der Waals surface area contributed by atoms with Crippen LogP contribution in [-0.4, -0.2) is 35.3 Å². The average Bonchev–Trinajstić information content (AvgIpc) is 3.57. The molecule has 1 aliphatic rings. The van der Waals surface area contributed by atoms with E-state index in [1.165, 1.54) is 17.2 Å². The molecule has 1 fully saturated rings. The van der Waals surface area contributed by atoms with Crippen molar-refractivity contribution >= 4 is 35.0 Å². The Hall–Kier alpha value is -3.65. The first-order valence-electron chi connectivity index (χ1n) is 11.1. The molecule has 2 heterocycles. The van der Waals surface area contributed by atoms with Crippen LogP contribution in [0.5, 0.6) is 0 Å². The van der Waals surface area contributed by atoms with E-state index in [-0.39, 0.29) is 24.3 Å². The van der Waals surface area contributed by atoms with Gasteiger partial charge in [-0.25, -0.2) is 0 Å². The third-order valence-electron chi connectivity index (χ3n) is 5.75. The second kappa shape index (κ2) is 11.0. The van der Waals surface area contributed by atoms with Gasteiger partial charge >= 0.3 is 0 Å². The van der Waals surface area contributed by atoms with Gasteiger partial charge in [0.05, 0.1) is 12.8 Å². The quantitative estimate of drug-likeness (QED) is 0.509. The van der Waals surface area contributed by atoms with Crippen LogP contribution in [0.2, 0.25) is 5.02 Å². The zero-order chi connectivity index (χ0) is 23.9. The molecule has 3 amide bonds. The third kappa shape index (κ3) is 5.63. The minimum Gasteiger partial charge on any atom is -0.459 e. The second-order valence-corrected chi connectivity index (χ2v) is 8.51. The number of amides is 3. The lowest BCUT2D eigenvalue weighted by atomic mass is 10.0. The van der Waals surface area contributed by atoms with Crippen LogP contribution >= 0.6 is 11.6 Å². The molecule has 3 aromatic rings. The number of furan rings is 1.